The first-order valence-electron chi connectivity index (χ1n) is 12.9. The molecule has 0 bridgehead atoms. The van der Waals surface area contributed by atoms with Crippen LogP contribution >= 0.6 is 12.4 Å². The zero-order valence-corrected chi connectivity index (χ0v) is 23.3. The normalized spacial score (nSPS) is 14.1. The van der Waals surface area contributed by atoms with E-state index >= 15 is 0 Å². The molecule has 1 aliphatic rings. The van der Waals surface area contributed by atoms with E-state index in [0.29, 0.717) is 41.3 Å². The van der Waals surface area contributed by atoms with E-state index in [1.54, 1.807) is 44.9 Å². The Bertz CT molecular complexity index is 1810. The summed E-state index contributed by atoms with van der Waals surface area (Å²) in [5, 5.41) is 16.1. The Morgan fingerprint density at radius 2 is 1.76 bits per heavy atom. The van der Waals surface area contributed by atoms with E-state index in [2.05, 4.69) is 9.97 Å². The maximum atomic E-state index is 13.6. The van der Waals surface area contributed by atoms with Gasteiger partial charge in [-0.05, 0) is 53.9 Å². The van der Waals surface area contributed by atoms with Crippen LogP contribution in [0.1, 0.15) is 27.9 Å². The van der Waals surface area contributed by atoms with Gasteiger partial charge in [0.2, 0.25) is 0 Å². The average Bonchev–Trinajstić information content (AvgIpc) is 3.01. The second-order valence-corrected chi connectivity index (χ2v) is 9.53. The molecule has 5 aromatic rings. The Morgan fingerprint density at radius 1 is 0.976 bits per heavy atom. The summed E-state index contributed by atoms with van der Waals surface area (Å²) < 4.78 is 12.4. The number of aliphatic hydroxyl groups excluding tert-OH is 1. The van der Waals surface area contributed by atoms with Crippen molar-refractivity contribution in [3.63, 3.8) is 0 Å². The molecule has 0 saturated carbocycles. The summed E-state index contributed by atoms with van der Waals surface area (Å²) in [5.41, 5.74) is 4.74. The summed E-state index contributed by atoms with van der Waals surface area (Å²) in [6, 6.07) is 18.5. The van der Waals surface area contributed by atoms with E-state index in [1.165, 1.54) is 4.68 Å². The van der Waals surface area contributed by atoms with Crippen LogP contribution in [0, 0.1) is 0 Å². The Balaban J connectivity index is 0.00000337. The first kappa shape index (κ1) is 27.9. The Morgan fingerprint density at radius 3 is 2.49 bits per heavy atom. The monoisotopic (exact) mass is 569 g/mol. The van der Waals surface area contributed by atoms with Gasteiger partial charge in [0.25, 0.3) is 5.56 Å². The van der Waals surface area contributed by atoms with Crippen molar-refractivity contribution in [2.24, 2.45) is 4.99 Å². The van der Waals surface area contributed by atoms with Gasteiger partial charge in [-0.2, -0.15) is 9.78 Å². The zero-order valence-electron chi connectivity index (χ0n) is 22.5. The highest BCUT2D eigenvalue weighted by Gasteiger charge is 2.25. The average molecular weight is 570 g/mol. The molecule has 1 atom stereocenters. The van der Waals surface area contributed by atoms with Crippen LogP contribution in [0.3, 0.4) is 0 Å². The van der Waals surface area contributed by atoms with Crippen molar-refractivity contribution in [2.75, 3.05) is 20.8 Å². The first-order chi connectivity index (χ1) is 19.6. The molecule has 4 heterocycles. The van der Waals surface area contributed by atoms with Crippen molar-refractivity contribution in [2.45, 2.75) is 18.9 Å². The summed E-state index contributed by atoms with van der Waals surface area (Å²) in [6.45, 7) is -0.0986. The lowest BCUT2D eigenvalue weighted by molar-refractivity contribution is 0.265. The number of aliphatic hydroxyl groups is 1. The third kappa shape index (κ3) is 5.29. The number of aliphatic imine (C=N–C) groups is 1. The van der Waals surface area contributed by atoms with Crippen LogP contribution in [-0.2, 0) is 12.8 Å². The van der Waals surface area contributed by atoms with E-state index in [4.69, 9.17) is 19.6 Å². The zero-order chi connectivity index (χ0) is 27.6. The summed E-state index contributed by atoms with van der Waals surface area (Å²) in [6.07, 6.45) is 6.24. The van der Waals surface area contributed by atoms with Gasteiger partial charge in [-0.25, -0.2) is 4.98 Å². The van der Waals surface area contributed by atoms with Crippen LogP contribution in [0.25, 0.3) is 16.6 Å². The van der Waals surface area contributed by atoms with Gasteiger partial charge < -0.3 is 14.6 Å². The van der Waals surface area contributed by atoms with Gasteiger partial charge in [-0.15, -0.1) is 12.4 Å². The van der Waals surface area contributed by atoms with Crippen LogP contribution in [0.5, 0.6) is 11.5 Å². The van der Waals surface area contributed by atoms with Crippen molar-refractivity contribution >= 4 is 28.9 Å². The van der Waals surface area contributed by atoms with E-state index in [1.807, 2.05) is 48.5 Å². The molecule has 10 heteroatoms. The standard InChI is InChI=1S/C31H27N5O4.ClH/c1-39-27-14-21-13-22(18-37)34-30(25(21)16-28(27)40-2)20-9-11-33-29(15-20)36-31(38)24-8-4-3-7-23(24)26(35-36)12-19-6-5-10-32-17-19;/h3-11,14-17,22,37H,12-13,18H2,1-2H3;1H/t22-;/m0./s1. The molecule has 9 nitrogen and oxygen atoms in total. The number of rotatable bonds is 7. The number of nitrogens with zero attached hydrogens (tertiary/aromatic N) is 5. The molecule has 41 heavy (non-hydrogen) atoms. The molecular formula is C31H28ClN5O4. The molecule has 1 N–H and O–H groups in total. The number of fused-ring (bicyclic) bond motifs is 2. The summed E-state index contributed by atoms with van der Waals surface area (Å²) >= 11 is 0. The second kappa shape index (κ2) is 11.9. The lowest BCUT2D eigenvalue weighted by Crippen LogP contribution is -2.26. The van der Waals surface area contributed by atoms with Crippen molar-refractivity contribution in [3.05, 3.63) is 118 Å². The number of hydrogen-bond acceptors (Lipinski definition) is 8. The van der Waals surface area contributed by atoms with Crippen LogP contribution in [0.2, 0.25) is 0 Å². The number of benzene rings is 2. The van der Waals surface area contributed by atoms with E-state index < -0.39 is 0 Å². The van der Waals surface area contributed by atoms with Crippen molar-refractivity contribution in [1.29, 1.82) is 0 Å². The highest BCUT2D eigenvalue weighted by molar-refractivity contribution is 6.15. The lowest BCUT2D eigenvalue weighted by atomic mass is 9.90. The molecule has 3 aromatic heterocycles. The van der Waals surface area contributed by atoms with Gasteiger partial charge in [-0.3, -0.25) is 14.8 Å². The molecule has 1 aliphatic heterocycles. The number of halogens is 1. The van der Waals surface area contributed by atoms with Crippen LogP contribution in [0.15, 0.2) is 89.0 Å². The molecular weight excluding hydrogens is 542 g/mol. The largest absolute Gasteiger partial charge is 0.493 e. The molecule has 0 spiro atoms. The predicted molar refractivity (Wildman–Crippen MR) is 159 cm³/mol. The van der Waals surface area contributed by atoms with E-state index in [-0.39, 0.29) is 30.6 Å². The highest BCUT2D eigenvalue weighted by atomic mass is 35.5. The Kier molecular flexibility index (Phi) is 8.09. The number of hydrogen-bond donors (Lipinski definition) is 1. The van der Waals surface area contributed by atoms with Crippen LogP contribution in [0.4, 0.5) is 0 Å². The molecule has 0 unspecified atom stereocenters. The molecule has 208 valence electrons. The topological polar surface area (TPSA) is 112 Å². The van der Waals surface area contributed by atoms with Gasteiger partial charge in [-0.1, -0.05) is 24.3 Å². The van der Waals surface area contributed by atoms with Gasteiger partial charge in [0.15, 0.2) is 17.3 Å². The minimum absolute atomic E-state index is 0. The number of pyridine rings is 2. The number of aromatic nitrogens is 4. The van der Waals surface area contributed by atoms with Crippen LogP contribution < -0.4 is 15.0 Å². The summed E-state index contributed by atoms with van der Waals surface area (Å²) in [7, 11) is 3.18. The van der Waals surface area contributed by atoms with Crippen molar-refractivity contribution in [3.8, 4) is 17.3 Å². The van der Waals surface area contributed by atoms with E-state index in [9.17, 15) is 9.90 Å². The van der Waals surface area contributed by atoms with E-state index in [0.717, 1.165) is 33.3 Å². The van der Waals surface area contributed by atoms with Gasteiger partial charge in [0, 0.05) is 41.5 Å². The number of methoxy groups -OCH3 is 2. The molecule has 0 saturated heterocycles. The Hall–Kier alpha value is -4.60. The quantitative estimate of drug-likeness (QED) is 0.316. The smallest absolute Gasteiger partial charge is 0.280 e. The van der Waals surface area contributed by atoms with Crippen molar-refractivity contribution in [1.82, 2.24) is 19.7 Å². The van der Waals surface area contributed by atoms with Crippen LogP contribution in [-0.4, -0.2) is 57.4 Å². The molecule has 2 aromatic carbocycles. The van der Waals surface area contributed by atoms with Gasteiger partial charge >= 0.3 is 0 Å². The second-order valence-electron chi connectivity index (χ2n) is 9.53. The third-order valence-corrected chi connectivity index (χ3v) is 7.05. The summed E-state index contributed by atoms with van der Waals surface area (Å²) in [4.78, 5) is 27.2. The molecule has 6 rings (SSSR count). The minimum Gasteiger partial charge on any atom is -0.493 e. The maximum Gasteiger partial charge on any atom is 0.280 e. The molecule has 0 aliphatic carbocycles. The number of ether oxygens (including phenoxy) is 2. The molecule has 0 radical (unpaired) electrons. The molecule has 0 fully saturated rings. The fraction of sp³-hybridized carbons (Fsp3) is 0.194. The fourth-order valence-corrected chi connectivity index (χ4v) is 5.12. The predicted octanol–water partition coefficient (Wildman–Crippen LogP) is 3.96. The molecule has 0 amide bonds. The minimum atomic E-state index is -0.315. The Labute approximate surface area is 242 Å². The lowest BCUT2D eigenvalue weighted by Gasteiger charge is -2.24. The maximum absolute atomic E-state index is 13.6. The third-order valence-electron chi connectivity index (χ3n) is 7.05. The van der Waals surface area contributed by atoms with Gasteiger partial charge in [0.05, 0.1) is 43.7 Å². The summed E-state index contributed by atoms with van der Waals surface area (Å²) in [5.74, 6) is 1.57. The fourth-order valence-electron chi connectivity index (χ4n) is 5.12. The van der Waals surface area contributed by atoms with Gasteiger partial charge in [0.1, 0.15) is 0 Å². The SMILES string of the molecule is COc1cc2c(cc1OC)C(c1ccnc(-n3nc(Cc4cccnc4)c4ccccc4c3=O)c1)=N[C@H](CO)C2.Cl. The van der Waals surface area contributed by atoms with Crippen molar-refractivity contribution < 1.29 is 14.6 Å². The first-order valence-corrected chi connectivity index (χ1v) is 12.9. The highest BCUT2D eigenvalue weighted by Crippen LogP contribution is 2.35.